The maximum absolute atomic E-state index is 13.3. The van der Waals surface area contributed by atoms with Crippen molar-refractivity contribution in [1.29, 1.82) is 5.26 Å². The van der Waals surface area contributed by atoms with Crippen LogP contribution in [-0.4, -0.2) is 32.1 Å². The van der Waals surface area contributed by atoms with E-state index in [1.807, 2.05) is 6.07 Å². The predicted octanol–water partition coefficient (Wildman–Crippen LogP) is 1.54. The zero-order valence-corrected chi connectivity index (χ0v) is 11.7. The van der Waals surface area contributed by atoms with Crippen molar-refractivity contribution in [2.75, 3.05) is 6.54 Å². The molecule has 0 aliphatic carbocycles. The summed E-state index contributed by atoms with van der Waals surface area (Å²) in [6.45, 7) is 0.207. The number of nitriles is 1. The Hall–Kier alpha value is -2.89. The first kappa shape index (κ1) is 15.0. The normalized spacial score (nSPS) is 17.6. The van der Waals surface area contributed by atoms with Gasteiger partial charge in [0, 0.05) is 18.9 Å². The Morgan fingerprint density at radius 3 is 2.65 bits per heavy atom. The van der Waals surface area contributed by atoms with Crippen LogP contribution in [0.2, 0.25) is 0 Å². The molecule has 0 radical (unpaired) electrons. The molecule has 0 bridgehead atoms. The first-order chi connectivity index (χ1) is 11.0. The first-order valence-corrected chi connectivity index (χ1v) is 6.69. The molecule has 1 fully saturated rings. The van der Waals surface area contributed by atoms with Crippen molar-refractivity contribution in [2.24, 2.45) is 0 Å². The van der Waals surface area contributed by atoms with Crippen LogP contribution >= 0.6 is 0 Å². The van der Waals surface area contributed by atoms with Crippen molar-refractivity contribution in [1.82, 2.24) is 19.7 Å². The highest BCUT2D eigenvalue weighted by molar-refractivity contribution is 5.79. The average Bonchev–Trinajstić information content (AvgIpc) is 3.11. The molecule has 1 saturated heterocycles. The Morgan fingerprint density at radius 1 is 1.30 bits per heavy atom. The number of likely N-dealkylation sites (tertiary alicyclic amines) is 1. The Bertz CT molecular complexity index is 790. The van der Waals surface area contributed by atoms with E-state index in [9.17, 15) is 18.0 Å². The van der Waals surface area contributed by atoms with Crippen LogP contribution in [0.15, 0.2) is 18.5 Å². The molecule has 6 nitrogen and oxygen atoms in total. The van der Waals surface area contributed by atoms with Crippen LogP contribution < -0.4 is 0 Å². The highest BCUT2D eigenvalue weighted by Crippen LogP contribution is 2.30. The molecular formula is C14H10F3N5O. The van der Waals surface area contributed by atoms with E-state index >= 15 is 0 Å². The first-order valence-electron chi connectivity index (χ1n) is 6.69. The summed E-state index contributed by atoms with van der Waals surface area (Å²) in [5.74, 6) is -4.75. The molecular weight excluding hydrogens is 311 g/mol. The maximum atomic E-state index is 13.3. The number of amides is 1. The molecule has 2 aromatic rings. The number of aromatic nitrogens is 3. The Balaban J connectivity index is 1.79. The summed E-state index contributed by atoms with van der Waals surface area (Å²) >= 11 is 0. The van der Waals surface area contributed by atoms with Crippen molar-refractivity contribution in [3.63, 3.8) is 0 Å². The number of carbonyl (C=O) groups is 1. The minimum absolute atomic E-state index is 0.0182. The molecule has 0 saturated carbocycles. The van der Waals surface area contributed by atoms with Gasteiger partial charge < -0.3 is 4.90 Å². The van der Waals surface area contributed by atoms with Gasteiger partial charge in [0.25, 0.3) is 0 Å². The van der Waals surface area contributed by atoms with Crippen LogP contribution in [0.4, 0.5) is 13.2 Å². The lowest BCUT2D eigenvalue weighted by molar-refractivity contribution is -0.129. The smallest absolute Gasteiger partial charge is 0.232 e. The molecule has 1 unspecified atom stereocenters. The van der Waals surface area contributed by atoms with Crippen LogP contribution in [0.25, 0.3) is 0 Å². The largest absolute Gasteiger partial charge is 0.322 e. The van der Waals surface area contributed by atoms with Crippen LogP contribution in [0.5, 0.6) is 0 Å². The Labute approximate surface area is 128 Å². The topological polar surface area (TPSA) is 74.8 Å². The standard InChI is InChI=1S/C14H10F3N5O/c15-10-1-8(2-11(16)14(10)17)9-3-13(23)21(5-9)7-22-12(4-18)19-6-20-22/h1-2,6,9H,3,5,7H2. The molecule has 0 N–H and O–H groups in total. The Kier molecular flexibility index (Phi) is 3.73. The summed E-state index contributed by atoms with van der Waals surface area (Å²) in [5, 5.41) is 12.7. The van der Waals surface area contributed by atoms with Crippen LogP contribution in [0.3, 0.4) is 0 Å². The molecule has 0 spiro atoms. The van der Waals surface area contributed by atoms with Gasteiger partial charge in [-0.1, -0.05) is 0 Å². The van der Waals surface area contributed by atoms with Gasteiger partial charge >= 0.3 is 0 Å². The Morgan fingerprint density at radius 2 is 2.00 bits per heavy atom. The zero-order chi connectivity index (χ0) is 16.6. The van der Waals surface area contributed by atoms with Crippen LogP contribution in [0.1, 0.15) is 23.7 Å². The van der Waals surface area contributed by atoms with E-state index in [1.165, 1.54) is 15.9 Å². The van der Waals surface area contributed by atoms with Crippen LogP contribution in [-0.2, 0) is 11.5 Å². The van der Waals surface area contributed by atoms with E-state index in [2.05, 4.69) is 10.1 Å². The monoisotopic (exact) mass is 321 g/mol. The second-order valence-electron chi connectivity index (χ2n) is 5.15. The zero-order valence-electron chi connectivity index (χ0n) is 11.7. The van der Waals surface area contributed by atoms with Gasteiger partial charge in [0.15, 0.2) is 17.5 Å². The quantitative estimate of drug-likeness (QED) is 0.804. The van der Waals surface area contributed by atoms with E-state index in [0.29, 0.717) is 0 Å². The fraction of sp³-hybridized carbons (Fsp3) is 0.286. The lowest BCUT2D eigenvalue weighted by Gasteiger charge is -2.17. The predicted molar refractivity (Wildman–Crippen MR) is 70.1 cm³/mol. The second-order valence-corrected chi connectivity index (χ2v) is 5.15. The summed E-state index contributed by atoms with van der Waals surface area (Å²) in [6.07, 6.45) is 1.24. The molecule has 1 aliphatic rings. The molecule has 1 atom stereocenters. The minimum Gasteiger partial charge on any atom is -0.322 e. The van der Waals surface area contributed by atoms with Gasteiger partial charge in [-0.2, -0.15) is 10.4 Å². The molecule has 3 rings (SSSR count). The van der Waals surface area contributed by atoms with Crippen molar-refractivity contribution >= 4 is 5.91 Å². The highest BCUT2D eigenvalue weighted by Gasteiger charge is 2.32. The van der Waals surface area contributed by atoms with Gasteiger partial charge in [0.05, 0.1) is 0 Å². The van der Waals surface area contributed by atoms with Gasteiger partial charge in [0.2, 0.25) is 11.7 Å². The van der Waals surface area contributed by atoms with Crippen molar-refractivity contribution in [3.8, 4) is 6.07 Å². The summed E-state index contributed by atoms with van der Waals surface area (Å²) in [6, 6.07) is 3.64. The molecule has 118 valence electrons. The summed E-state index contributed by atoms with van der Waals surface area (Å²) in [4.78, 5) is 17.2. The fourth-order valence-corrected chi connectivity index (χ4v) is 2.56. The summed E-state index contributed by atoms with van der Waals surface area (Å²) in [7, 11) is 0. The number of rotatable bonds is 3. The van der Waals surface area contributed by atoms with Gasteiger partial charge in [-0.05, 0) is 17.7 Å². The average molecular weight is 321 g/mol. The second kappa shape index (κ2) is 5.72. The van der Waals surface area contributed by atoms with E-state index in [0.717, 1.165) is 12.1 Å². The van der Waals surface area contributed by atoms with Gasteiger partial charge in [-0.15, -0.1) is 0 Å². The third-order valence-electron chi connectivity index (χ3n) is 3.71. The molecule has 1 aliphatic heterocycles. The van der Waals surface area contributed by atoms with Crippen molar-refractivity contribution < 1.29 is 18.0 Å². The number of halogens is 3. The SMILES string of the molecule is N#Cc1ncnn1CN1CC(c2cc(F)c(F)c(F)c2)CC1=O. The number of carbonyl (C=O) groups excluding carboxylic acids is 1. The third-order valence-corrected chi connectivity index (χ3v) is 3.71. The molecule has 1 amide bonds. The number of hydrogen-bond donors (Lipinski definition) is 0. The molecule has 23 heavy (non-hydrogen) atoms. The summed E-state index contributed by atoms with van der Waals surface area (Å²) in [5.41, 5.74) is 0.219. The maximum Gasteiger partial charge on any atom is 0.232 e. The fourth-order valence-electron chi connectivity index (χ4n) is 2.56. The van der Waals surface area contributed by atoms with Gasteiger partial charge in [-0.3, -0.25) is 4.79 Å². The van der Waals surface area contributed by atoms with Crippen molar-refractivity contribution in [2.45, 2.75) is 19.0 Å². The number of hydrogen-bond acceptors (Lipinski definition) is 4. The van der Waals surface area contributed by atoms with Gasteiger partial charge in [0.1, 0.15) is 19.1 Å². The van der Waals surface area contributed by atoms with E-state index in [-0.39, 0.29) is 36.9 Å². The molecule has 1 aromatic carbocycles. The van der Waals surface area contributed by atoms with E-state index in [4.69, 9.17) is 5.26 Å². The number of benzene rings is 1. The molecule has 9 heteroatoms. The van der Waals surface area contributed by atoms with Gasteiger partial charge in [-0.25, -0.2) is 22.8 Å². The van der Waals surface area contributed by atoms with E-state index in [1.54, 1.807) is 0 Å². The van der Waals surface area contributed by atoms with Crippen molar-refractivity contribution in [3.05, 3.63) is 47.3 Å². The lowest BCUT2D eigenvalue weighted by Crippen LogP contribution is -2.29. The lowest BCUT2D eigenvalue weighted by atomic mass is 9.98. The molecule has 2 heterocycles. The van der Waals surface area contributed by atoms with Crippen LogP contribution in [0, 0.1) is 28.8 Å². The minimum atomic E-state index is -1.53. The summed E-state index contributed by atoms with van der Waals surface area (Å²) < 4.78 is 40.9. The number of nitrogens with zero attached hydrogens (tertiary/aromatic N) is 5. The van der Waals surface area contributed by atoms with E-state index < -0.39 is 23.4 Å². The highest BCUT2D eigenvalue weighted by atomic mass is 19.2. The molecule has 1 aromatic heterocycles. The third kappa shape index (κ3) is 2.75.